The van der Waals surface area contributed by atoms with Crippen molar-refractivity contribution in [1.82, 2.24) is 10.2 Å². The highest BCUT2D eigenvalue weighted by atomic mass is 32.1. The maximum absolute atomic E-state index is 12.4. The second kappa shape index (κ2) is 9.80. The minimum atomic E-state index is -0.477. The van der Waals surface area contributed by atoms with Gasteiger partial charge in [0.2, 0.25) is 0 Å². The average Bonchev–Trinajstić information content (AvgIpc) is 3.05. The van der Waals surface area contributed by atoms with Crippen LogP contribution in [-0.4, -0.2) is 48.7 Å². The number of amides is 2. The molecule has 1 aliphatic rings. The summed E-state index contributed by atoms with van der Waals surface area (Å²) in [6.07, 6.45) is 4.64. The summed E-state index contributed by atoms with van der Waals surface area (Å²) in [5.74, 6) is 0.863. The smallest absolute Gasteiger partial charge is 0.407 e. The number of hydrogen-bond donors (Lipinski definition) is 1. The monoisotopic (exact) mass is 382 g/mol. The molecule has 7 heteroatoms. The van der Waals surface area contributed by atoms with Crippen LogP contribution in [0.4, 0.5) is 4.79 Å². The third kappa shape index (κ3) is 7.23. The lowest BCUT2D eigenvalue weighted by Gasteiger charge is -2.26. The zero-order valence-electron chi connectivity index (χ0n) is 16.0. The molecular weight excluding hydrogens is 352 g/mol. The Morgan fingerprint density at radius 3 is 2.62 bits per heavy atom. The van der Waals surface area contributed by atoms with Crippen molar-refractivity contribution in [3.8, 4) is 5.75 Å². The summed E-state index contributed by atoms with van der Waals surface area (Å²) in [5, 5.41) is 4.61. The largest absolute Gasteiger partial charge is 0.493 e. The fourth-order valence-corrected chi connectivity index (χ4v) is 3.47. The minimum Gasteiger partial charge on any atom is -0.493 e. The molecular formula is C19H30N2O4S. The van der Waals surface area contributed by atoms with E-state index in [0.717, 1.165) is 49.4 Å². The maximum atomic E-state index is 12.4. The molecule has 0 spiro atoms. The lowest BCUT2D eigenvalue weighted by Crippen LogP contribution is -2.35. The van der Waals surface area contributed by atoms with Crippen LogP contribution in [0.1, 0.15) is 62.5 Å². The van der Waals surface area contributed by atoms with Gasteiger partial charge in [-0.2, -0.15) is 0 Å². The fourth-order valence-electron chi connectivity index (χ4n) is 2.68. The van der Waals surface area contributed by atoms with Crippen LogP contribution in [0.5, 0.6) is 5.75 Å². The molecule has 1 N–H and O–H groups in total. The number of thiophene rings is 1. The van der Waals surface area contributed by atoms with Crippen LogP contribution in [0, 0.1) is 0 Å². The molecule has 0 saturated carbocycles. The van der Waals surface area contributed by atoms with Gasteiger partial charge < -0.3 is 19.7 Å². The zero-order valence-corrected chi connectivity index (χ0v) is 16.8. The van der Waals surface area contributed by atoms with Crippen LogP contribution in [0.25, 0.3) is 0 Å². The fraction of sp³-hybridized carbons (Fsp3) is 0.684. The molecule has 0 bridgehead atoms. The van der Waals surface area contributed by atoms with Crippen LogP contribution in [0.2, 0.25) is 0 Å². The van der Waals surface area contributed by atoms with Crippen molar-refractivity contribution in [1.29, 1.82) is 0 Å². The lowest BCUT2D eigenvalue weighted by atomic mass is 10.1. The van der Waals surface area contributed by atoms with E-state index >= 15 is 0 Å². The van der Waals surface area contributed by atoms with Crippen molar-refractivity contribution in [2.75, 3.05) is 26.2 Å². The molecule has 146 valence electrons. The quantitative estimate of drug-likeness (QED) is 0.722. The predicted molar refractivity (Wildman–Crippen MR) is 103 cm³/mol. The van der Waals surface area contributed by atoms with E-state index in [1.165, 1.54) is 17.8 Å². The molecule has 2 rings (SSSR count). The van der Waals surface area contributed by atoms with Crippen LogP contribution in [-0.2, 0) is 4.74 Å². The molecule has 1 aromatic rings. The molecule has 6 nitrogen and oxygen atoms in total. The highest BCUT2D eigenvalue weighted by Gasteiger charge is 2.20. The molecule has 0 aliphatic carbocycles. The van der Waals surface area contributed by atoms with Gasteiger partial charge in [-0.25, -0.2) is 4.79 Å². The summed E-state index contributed by atoms with van der Waals surface area (Å²) < 4.78 is 10.9. The number of carbonyl (C=O) groups is 2. The molecule has 1 fully saturated rings. The van der Waals surface area contributed by atoms with Crippen LogP contribution in [0.15, 0.2) is 11.4 Å². The van der Waals surface area contributed by atoms with Gasteiger partial charge in [0.05, 0.1) is 11.5 Å². The molecule has 0 radical (unpaired) electrons. The Labute approximate surface area is 159 Å². The van der Waals surface area contributed by atoms with E-state index in [4.69, 9.17) is 9.47 Å². The van der Waals surface area contributed by atoms with E-state index in [1.54, 1.807) is 0 Å². The SMILES string of the molecule is CC(C)(C)OC(=O)NCCCCOc1csc(C(=O)N2CCCCC2)c1. The highest BCUT2D eigenvalue weighted by Crippen LogP contribution is 2.24. The van der Waals surface area contributed by atoms with Crippen LogP contribution >= 0.6 is 11.3 Å². The molecule has 26 heavy (non-hydrogen) atoms. The topological polar surface area (TPSA) is 67.9 Å². The van der Waals surface area contributed by atoms with Crippen molar-refractivity contribution in [2.45, 2.75) is 58.5 Å². The number of carbonyl (C=O) groups excluding carboxylic acids is 2. The van der Waals surface area contributed by atoms with Crippen LogP contribution in [0.3, 0.4) is 0 Å². The van der Waals surface area contributed by atoms with Gasteiger partial charge in [0.1, 0.15) is 11.4 Å². The summed E-state index contributed by atoms with van der Waals surface area (Å²) in [5.41, 5.74) is -0.477. The van der Waals surface area contributed by atoms with Gasteiger partial charge in [-0.1, -0.05) is 0 Å². The Bertz CT molecular complexity index is 589. The van der Waals surface area contributed by atoms with E-state index < -0.39 is 11.7 Å². The van der Waals surface area contributed by atoms with E-state index in [0.29, 0.717) is 13.2 Å². The normalized spacial score (nSPS) is 14.8. The van der Waals surface area contributed by atoms with Gasteiger partial charge in [0.15, 0.2) is 0 Å². The van der Waals surface area contributed by atoms with Gasteiger partial charge in [-0.15, -0.1) is 11.3 Å². The first-order valence-corrected chi connectivity index (χ1v) is 10.2. The minimum absolute atomic E-state index is 0.117. The van der Waals surface area contributed by atoms with Gasteiger partial charge in [0, 0.05) is 31.1 Å². The summed E-state index contributed by atoms with van der Waals surface area (Å²) in [6, 6.07) is 1.83. The van der Waals surface area contributed by atoms with Gasteiger partial charge in [-0.3, -0.25) is 4.79 Å². The van der Waals surface area contributed by atoms with E-state index in [1.807, 2.05) is 37.1 Å². The predicted octanol–water partition coefficient (Wildman–Crippen LogP) is 4.06. The van der Waals surface area contributed by atoms with Crippen LogP contribution < -0.4 is 10.1 Å². The second-order valence-corrected chi connectivity index (χ2v) is 8.39. The Kier molecular flexibility index (Phi) is 7.75. The Morgan fingerprint density at radius 2 is 1.92 bits per heavy atom. The van der Waals surface area contributed by atoms with Crippen molar-refractivity contribution in [3.05, 3.63) is 16.3 Å². The average molecular weight is 383 g/mol. The molecule has 2 heterocycles. The first-order valence-electron chi connectivity index (χ1n) is 9.32. The number of unbranched alkanes of at least 4 members (excludes halogenated alkanes) is 1. The first kappa shape index (κ1) is 20.6. The summed E-state index contributed by atoms with van der Waals surface area (Å²) in [4.78, 5) is 26.6. The number of alkyl carbamates (subject to hydrolysis) is 1. The van der Waals surface area contributed by atoms with E-state index in [9.17, 15) is 9.59 Å². The molecule has 1 aliphatic heterocycles. The maximum Gasteiger partial charge on any atom is 0.407 e. The molecule has 0 unspecified atom stereocenters. The molecule has 0 atom stereocenters. The Balaban J connectivity index is 1.61. The second-order valence-electron chi connectivity index (χ2n) is 7.48. The summed E-state index contributed by atoms with van der Waals surface area (Å²) in [6.45, 7) is 8.35. The highest BCUT2D eigenvalue weighted by molar-refractivity contribution is 7.12. The number of piperidine rings is 1. The number of nitrogens with one attached hydrogen (secondary N) is 1. The standard InChI is InChI=1S/C19H30N2O4S/c1-19(2,3)25-18(23)20-9-5-8-12-24-15-13-16(26-14-15)17(22)21-10-6-4-7-11-21/h13-14H,4-12H2,1-3H3,(H,20,23). The van der Waals surface area contributed by atoms with E-state index in [-0.39, 0.29) is 5.91 Å². The molecule has 2 amide bonds. The first-order chi connectivity index (χ1) is 12.3. The number of nitrogens with zero attached hydrogens (tertiary/aromatic N) is 1. The van der Waals surface area contributed by atoms with Gasteiger partial charge in [-0.05, 0) is 52.9 Å². The molecule has 1 aromatic heterocycles. The van der Waals surface area contributed by atoms with E-state index in [2.05, 4.69) is 5.32 Å². The summed E-state index contributed by atoms with van der Waals surface area (Å²) in [7, 11) is 0. The Morgan fingerprint density at radius 1 is 1.19 bits per heavy atom. The molecule has 0 aromatic carbocycles. The summed E-state index contributed by atoms with van der Waals surface area (Å²) >= 11 is 1.44. The number of hydrogen-bond acceptors (Lipinski definition) is 5. The number of ether oxygens (including phenoxy) is 2. The zero-order chi connectivity index (χ0) is 19.0. The van der Waals surface area contributed by atoms with Gasteiger partial charge >= 0.3 is 6.09 Å². The van der Waals surface area contributed by atoms with Crippen molar-refractivity contribution < 1.29 is 19.1 Å². The van der Waals surface area contributed by atoms with Gasteiger partial charge in [0.25, 0.3) is 5.91 Å². The Hall–Kier alpha value is -1.76. The lowest BCUT2D eigenvalue weighted by molar-refractivity contribution is 0.0526. The van der Waals surface area contributed by atoms with Crippen molar-refractivity contribution in [2.24, 2.45) is 0 Å². The molecule has 1 saturated heterocycles. The number of likely N-dealkylation sites (tertiary alicyclic amines) is 1. The number of rotatable bonds is 7. The van der Waals surface area contributed by atoms with Crippen molar-refractivity contribution in [3.63, 3.8) is 0 Å². The third-order valence-corrected chi connectivity index (χ3v) is 4.83. The third-order valence-electron chi connectivity index (χ3n) is 3.94. The van der Waals surface area contributed by atoms with Crippen molar-refractivity contribution >= 4 is 23.3 Å².